The van der Waals surface area contributed by atoms with E-state index in [4.69, 9.17) is 9.94 Å². The molecular formula is C24H39NO3S. The minimum atomic E-state index is -0.250. The summed E-state index contributed by atoms with van der Waals surface area (Å²) in [5.41, 5.74) is 1.44. The highest BCUT2D eigenvalue weighted by atomic mass is 32.2. The molecule has 0 bridgehead atoms. The smallest absolute Gasteiger partial charge is 0.313 e. The van der Waals surface area contributed by atoms with Crippen LogP contribution in [0.15, 0.2) is 41.1 Å². The molecule has 0 amide bonds. The summed E-state index contributed by atoms with van der Waals surface area (Å²) in [5, 5.41) is 11.9. The fourth-order valence-corrected chi connectivity index (χ4v) is 4.28. The van der Waals surface area contributed by atoms with Crippen LogP contribution in [0.25, 0.3) is 0 Å². The molecule has 4 nitrogen and oxygen atoms in total. The Kier molecular flexibility index (Phi) is 15.3. The second-order valence-electron chi connectivity index (χ2n) is 7.47. The molecule has 1 N–H and O–H groups in total. The number of thioether (sulfide) groups is 1. The van der Waals surface area contributed by atoms with Gasteiger partial charge in [0.2, 0.25) is 0 Å². The van der Waals surface area contributed by atoms with Crippen LogP contribution in [0.4, 0.5) is 0 Å². The van der Waals surface area contributed by atoms with Crippen LogP contribution in [0.3, 0.4) is 0 Å². The molecule has 1 aliphatic carbocycles. The molecule has 1 atom stereocenters. The standard InChI is InChI=1S/C24H39NO3S/c1-3-5-6-7-8-9-10-11-12-13-18-29-20-22(24(26)28-4-2)19-21-14-16-23(25-27)17-15-21/h14-17,19,22,27H,3-13,18,20H2,1-2H3. The average molecular weight is 422 g/mol. The molecule has 0 aromatic carbocycles. The maximum Gasteiger partial charge on any atom is 0.313 e. The van der Waals surface area contributed by atoms with Gasteiger partial charge in [-0.05, 0) is 36.8 Å². The Hall–Kier alpha value is -1.49. The van der Waals surface area contributed by atoms with Crippen molar-refractivity contribution in [2.24, 2.45) is 11.1 Å². The number of esters is 1. The molecule has 0 saturated heterocycles. The van der Waals surface area contributed by atoms with Gasteiger partial charge in [-0.2, -0.15) is 11.8 Å². The molecule has 0 aromatic rings. The summed E-state index contributed by atoms with van der Waals surface area (Å²) in [6.07, 6.45) is 22.5. The van der Waals surface area contributed by atoms with Gasteiger partial charge in [-0.15, -0.1) is 0 Å². The second kappa shape index (κ2) is 17.4. The predicted octanol–water partition coefficient (Wildman–Crippen LogP) is 6.70. The first-order chi connectivity index (χ1) is 14.2. The van der Waals surface area contributed by atoms with Gasteiger partial charge in [-0.25, -0.2) is 0 Å². The van der Waals surface area contributed by atoms with E-state index in [2.05, 4.69) is 12.1 Å². The number of carbonyl (C=O) groups is 1. The minimum Gasteiger partial charge on any atom is -0.466 e. The highest BCUT2D eigenvalue weighted by Crippen LogP contribution is 2.19. The first kappa shape index (κ1) is 25.5. The first-order valence-electron chi connectivity index (χ1n) is 11.3. The summed E-state index contributed by atoms with van der Waals surface area (Å²) in [5.74, 6) is 1.41. The van der Waals surface area contributed by atoms with E-state index in [1.807, 2.05) is 36.9 Å². The topological polar surface area (TPSA) is 58.9 Å². The number of oxime groups is 1. The molecule has 0 spiro atoms. The predicted molar refractivity (Wildman–Crippen MR) is 125 cm³/mol. The first-order valence-corrected chi connectivity index (χ1v) is 12.4. The summed E-state index contributed by atoms with van der Waals surface area (Å²) < 4.78 is 5.24. The SMILES string of the molecule is CCCCCCCCCCCCSCC(C=C1C=CC(=NO)C=C1)C(=O)OCC. The molecule has 0 aromatic heterocycles. The lowest BCUT2D eigenvalue weighted by molar-refractivity contribution is -0.145. The van der Waals surface area contributed by atoms with Crippen LogP contribution >= 0.6 is 11.8 Å². The van der Waals surface area contributed by atoms with E-state index in [0.717, 1.165) is 17.1 Å². The quantitative estimate of drug-likeness (QED) is 0.130. The van der Waals surface area contributed by atoms with Crippen molar-refractivity contribution in [2.45, 2.75) is 78.1 Å². The number of allylic oxidation sites excluding steroid dienone is 5. The number of hydrogen-bond donors (Lipinski definition) is 1. The fraction of sp³-hybridized carbons (Fsp3) is 0.667. The van der Waals surface area contributed by atoms with Crippen molar-refractivity contribution in [1.82, 2.24) is 0 Å². The summed E-state index contributed by atoms with van der Waals surface area (Å²) in [6.45, 7) is 4.49. The molecule has 0 aliphatic heterocycles. The Balaban J connectivity index is 2.23. The van der Waals surface area contributed by atoms with Crippen LogP contribution in [-0.4, -0.2) is 35.0 Å². The van der Waals surface area contributed by atoms with E-state index in [9.17, 15) is 4.79 Å². The van der Waals surface area contributed by atoms with Gasteiger partial charge in [0, 0.05) is 5.75 Å². The zero-order chi connectivity index (χ0) is 21.2. The molecule has 0 fully saturated rings. The fourth-order valence-electron chi connectivity index (χ4n) is 3.22. The van der Waals surface area contributed by atoms with Crippen molar-refractivity contribution in [3.63, 3.8) is 0 Å². The third-order valence-electron chi connectivity index (χ3n) is 4.93. The van der Waals surface area contributed by atoms with Crippen LogP contribution in [-0.2, 0) is 9.53 Å². The van der Waals surface area contributed by atoms with Gasteiger partial charge < -0.3 is 9.94 Å². The van der Waals surface area contributed by atoms with Gasteiger partial charge in [-0.1, -0.05) is 88.1 Å². The zero-order valence-electron chi connectivity index (χ0n) is 18.3. The molecule has 1 rings (SSSR count). The maximum absolute atomic E-state index is 12.3. The monoisotopic (exact) mass is 421 g/mol. The molecule has 5 heteroatoms. The summed E-state index contributed by atoms with van der Waals surface area (Å²) in [4.78, 5) is 12.3. The van der Waals surface area contributed by atoms with E-state index in [1.54, 1.807) is 12.2 Å². The molecule has 0 heterocycles. The molecule has 29 heavy (non-hydrogen) atoms. The molecule has 1 unspecified atom stereocenters. The Morgan fingerprint density at radius 2 is 1.59 bits per heavy atom. The van der Waals surface area contributed by atoms with Crippen LogP contribution in [0.5, 0.6) is 0 Å². The highest BCUT2D eigenvalue weighted by molar-refractivity contribution is 7.99. The maximum atomic E-state index is 12.3. The number of nitrogens with zero attached hydrogens (tertiary/aromatic N) is 1. The molecule has 164 valence electrons. The van der Waals surface area contributed by atoms with Crippen molar-refractivity contribution in [2.75, 3.05) is 18.1 Å². The summed E-state index contributed by atoms with van der Waals surface area (Å²) in [6, 6.07) is 0. The van der Waals surface area contributed by atoms with Gasteiger partial charge >= 0.3 is 5.97 Å². The normalized spacial score (nSPS) is 14.1. The van der Waals surface area contributed by atoms with Crippen molar-refractivity contribution in [3.8, 4) is 0 Å². The number of hydrogen-bond acceptors (Lipinski definition) is 5. The largest absolute Gasteiger partial charge is 0.466 e. The van der Waals surface area contributed by atoms with Crippen LogP contribution in [0, 0.1) is 5.92 Å². The van der Waals surface area contributed by atoms with Gasteiger partial charge in [0.25, 0.3) is 0 Å². The van der Waals surface area contributed by atoms with Gasteiger partial charge in [-0.3, -0.25) is 4.79 Å². The van der Waals surface area contributed by atoms with Crippen molar-refractivity contribution in [1.29, 1.82) is 0 Å². The Labute approximate surface area is 181 Å². The molecule has 0 saturated carbocycles. The van der Waals surface area contributed by atoms with E-state index >= 15 is 0 Å². The zero-order valence-corrected chi connectivity index (χ0v) is 19.1. The van der Waals surface area contributed by atoms with Crippen LogP contribution in [0.2, 0.25) is 0 Å². The third-order valence-corrected chi connectivity index (χ3v) is 6.10. The lowest BCUT2D eigenvalue weighted by atomic mass is 10.0. The van der Waals surface area contributed by atoms with Crippen molar-refractivity contribution < 1.29 is 14.7 Å². The van der Waals surface area contributed by atoms with E-state index in [1.165, 1.54) is 64.2 Å². The Bertz CT molecular complexity index is 548. The van der Waals surface area contributed by atoms with Crippen molar-refractivity contribution >= 4 is 23.4 Å². The number of carbonyl (C=O) groups excluding carboxylic acids is 1. The van der Waals surface area contributed by atoms with Gasteiger partial charge in [0.15, 0.2) is 0 Å². The molecule has 1 aliphatic rings. The Morgan fingerprint density at radius 1 is 1.00 bits per heavy atom. The van der Waals surface area contributed by atoms with Gasteiger partial charge in [0.1, 0.15) is 5.71 Å². The van der Waals surface area contributed by atoms with Crippen LogP contribution < -0.4 is 0 Å². The molecular weight excluding hydrogens is 382 g/mol. The minimum absolute atomic E-state index is 0.168. The number of ether oxygens (including phenoxy) is 1. The van der Waals surface area contributed by atoms with E-state index in [-0.39, 0.29) is 11.9 Å². The lowest BCUT2D eigenvalue weighted by Crippen LogP contribution is -2.19. The van der Waals surface area contributed by atoms with Gasteiger partial charge in [0.05, 0.1) is 12.5 Å². The molecule has 0 radical (unpaired) electrons. The number of rotatable bonds is 16. The van der Waals surface area contributed by atoms with Crippen molar-refractivity contribution in [3.05, 3.63) is 36.0 Å². The van der Waals surface area contributed by atoms with E-state index < -0.39 is 0 Å². The Morgan fingerprint density at radius 3 is 2.14 bits per heavy atom. The third kappa shape index (κ3) is 12.6. The summed E-state index contributed by atoms with van der Waals surface area (Å²) >= 11 is 1.83. The second-order valence-corrected chi connectivity index (χ2v) is 8.62. The lowest BCUT2D eigenvalue weighted by Gasteiger charge is -2.13. The van der Waals surface area contributed by atoms with E-state index in [0.29, 0.717) is 12.3 Å². The average Bonchev–Trinajstić information content (AvgIpc) is 2.74. The highest BCUT2D eigenvalue weighted by Gasteiger charge is 2.18. The number of unbranched alkanes of at least 4 members (excludes halogenated alkanes) is 9. The van der Waals surface area contributed by atoms with Crippen LogP contribution in [0.1, 0.15) is 78.1 Å². The summed E-state index contributed by atoms with van der Waals surface area (Å²) in [7, 11) is 0.